The molecule has 4 heteroatoms. The summed E-state index contributed by atoms with van der Waals surface area (Å²) in [7, 11) is 0. The average molecular weight is 229 g/mol. The lowest BCUT2D eigenvalue weighted by Crippen LogP contribution is -2.40. The molecular weight excluding hydrogens is 212 g/mol. The van der Waals surface area contributed by atoms with Gasteiger partial charge in [0.05, 0.1) is 18.2 Å². The van der Waals surface area contributed by atoms with E-state index >= 15 is 0 Å². The maximum absolute atomic E-state index is 5.95. The molecule has 1 unspecified atom stereocenters. The van der Waals surface area contributed by atoms with Gasteiger partial charge in [-0.15, -0.1) is 0 Å². The van der Waals surface area contributed by atoms with Crippen molar-refractivity contribution in [2.75, 3.05) is 6.61 Å². The lowest BCUT2D eigenvalue weighted by atomic mass is 10.0. The topological polar surface area (TPSA) is 48.1 Å². The van der Waals surface area contributed by atoms with Crippen molar-refractivity contribution in [3.63, 3.8) is 0 Å². The van der Waals surface area contributed by atoms with Crippen LogP contribution in [0.25, 0.3) is 0 Å². The molecule has 3 nitrogen and oxygen atoms in total. The zero-order valence-electron chi connectivity index (χ0n) is 9.16. The van der Waals surface area contributed by atoms with Crippen LogP contribution in [0.1, 0.15) is 25.8 Å². The molecule has 0 saturated heterocycles. The van der Waals surface area contributed by atoms with Gasteiger partial charge in [0.1, 0.15) is 0 Å². The Morgan fingerprint density at radius 1 is 1.60 bits per heavy atom. The van der Waals surface area contributed by atoms with Crippen molar-refractivity contribution < 1.29 is 4.74 Å². The fourth-order valence-corrected chi connectivity index (χ4v) is 1.19. The second-order valence-corrected chi connectivity index (χ2v) is 4.37. The second kappa shape index (κ2) is 5.45. The zero-order chi connectivity index (χ0) is 11.3. The first-order valence-electron chi connectivity index (χ1n) is 5.00. The van der Waals surface area contributed by atoms with Gasteiger partial charge in [-0.25, -0.2) is 0 Å². The Morgan fingerprint density at radius 3 is 2.93 bits per heavy atom. The van der Waals surface area contributed by atoms with Crippen LogP contribution in [0.3, 0.4) is 0 Å². The fraction of sp³-hybridized carbons (Fsp3) is 0.545. The molecule has 0 fully saturated rings. The van der Waals surface area contributed by atoms with Crippen LogP contribution >= 0.6 is 11.6 Å². The van der Waals surface area contributed by atoms with E-state index in [1.807, 2.05) is 19.9 Å². The highest BCUT2D eigenvalue weighted by Crippen LogP contribution is 2.15. The molecule has 84 valence electrons. The number of pyridine rings is 1. The predicted molar refractivity (Wildman–Crippen MR) is 61.8 cm³/mol. The molecule has 1 rings (SSSR count). The van der Waals surface area contributed by atoms with Crippen molar-refractivity contribution in [2.24, 2.45) is 5.73 Å². The van der Waals surface area contributed by atoms with Crippen molar-refractivity contribution in [1.29, 1.82) is 0 Å². The second-order valence-electron chi connectivity index (χ2n) is 3.97. The quantitative estimate of drug-likeness (QED) is 0.842. The lowest BCUT2D eigenvalue weighted by Gasteiger charge is -2.22. The SMILES string of the molecule is CCC(C)(N)COCc1ccncc1Cl. The molecule has 0 saturated carbocycles. The standard InChI is InChI=1S/C11H17ClN2O/c1-3-11(2,13)8-15-7-9-4-5-14-6-10(9)12/h4-6H,3,7-8,13H2,1-2H3. The number of aromatic nitrogens is 1. The van der Waals surface area contributed by atoms with Crippen LogP contribution in [0.5, 0.6) is 0 Å². The monoisotopic (exact) mass is 228 g/mol. The summed E-state index contributed by atoms with van der Waals surface area (Å²) in [6.07, 6.45) is 4.20. The van der Waals surface area contributed by atoms with E-state index in [0.29, 0.717) is 18.2 Å². The maximum atomic E-state index is 5.95. The average Bonchev–Trinajstić information content (AvgIpc) is 2.21. The summed E-state index contributed by atoms with van der Waals surface area (Å²) >= 11 is 5.93. The maximum Gasteiger partial charge on any atom is 0.0733 e. The molecule has 1 aromatic heterocycles. The van der Waals surface area contributed by atoms with Gasteiger partial charge in [0, 0.05) is 17.9 Å². The molecule has 0 spiro atoms. The number of nitrogens with two attached hydrogens (primary N) is 1. The summed E-state index contributed by atoms with van der Waals surface area (Å²) in [6.45, 7) is 5.03. The van der Waals surface area contributed by atoms with Crippen LogP contribution in [0, 0.1) is 0 Å². The third kappa shape index (κ3) is 4.16. The van der Waals surface area contributed by atoms with Crippen LogP contribution in [0.4, 0.5) is 0 Å². The van der Waals surface area contributed by atoms with E-state index in [9.17, 15) is 0 Å². The Labute approximate surface area is 95.6 Å². The minimum Gasteiger partial charge on any atom is -0.375 e. The Morgan fingerprint density at radius 2 is 2.33 bits per heavy atom. The highest BCUT2D eigenvalue weighted by Gasteiger charge is 2.15. The van der Waals surface area contributed by atoms with Crippen molar-refractivity contribution in [2.45, 2.75) is 32.4 Å². The van der Waals surface area contributed by atoms with Gasteiger partial charge in [0.25, 0.3) is 0 Å². The summed E-state index contributed by atoms with van der Waals surface area (Å²) in [5.41, 5.74) is 6.63. The molecule has 0 aliphatic heterocycles. The predicted octanol–water partition coefficient (Wildman–Crippen LogP) is 2.38. The van der Waals surface area contributed by atoms with Crippen LogP contribution in [-0.2, 0) is 11.3 Å². The molecule has 0 aliphatic carbocycles. The van der Waals surface area contributed by atoms with Gasteiger partial charge in [-0.05, 0) is 25.0 Å². The van der Waals surface area contributed by atoms with Crippen LogP contribution in [0.2, 0.25) is 5.02 Å². The van der Waals surface area contributed by atoms with Crippen LogP contribution < -0.4 is 5.73 Å². The molecule has 1 aromatic rings. The number of rotatable bonds is 5. The lowest BCUT2D eigenvalue weighted by molar-refractivity contribution is 0.0777. The normalized spacial score (nSPS) is 14.9. The third-order valence-electron chi connectivity index (χ3n) is 2.35. The van der Waals surface area contributed by atoms with E-state index in [2.05, 4.69) is 4.98 Å². The summed E-state index contributed by atoms with van der Waals surface area (Å²) in [5, 5.41) is 0.632. The van der Waals surface area contributed by atoms with Crippen molar-refractivity contribution >= 4 is 11.6 Å². The molecule has 0 amide bonds. The van der Waals surface area contributed by atoms with Gasteiger partial charge in [0.2, 0.25) is 0 Å². The van der Waals surface area contributed by atoms with Crippen LogP contribution in [0.15, 0.2) is 18.5 Å². The highest BCUT2D eigenvalue weighted by atomic mass is 35.5. The summed E-state index contributed by atoms with van der Waals surface area (Å²) in [4.78, 5) is 3.91. The minimum absolute atomic E-state index is 0.264. The van der Waals surface area contributed by atoms with Crippen LogP contribution in [-0.4, -0.2) is 17.1 Å². The molecule has 0 bridgehead atoms. The number of nitrogens with zero attached hydrogens (tertiary/aromatic N) is 1. The first-order valence-corrected chi connectivity index (χ1v) is 5.38. The van der Waals surface area contributed by atoms with Crippen molar-refractivity contribution in [3.05, 3.63) is 29.0 Å². The van der Waals surface area contributed by atoms with E-state index in [-0.39, 0.29) is 5.54 Å². The smallest absolute Gasteiger partial charge is 0.0733 e. The highest BCUT2D eigenvalue weighted by molar-refractivity contribution is 6.31. The molecule has 0 radical (unpaired) electrons. The van der Waals surface area contributed by atoms with Gasteiger partial charge in [-0.1, -0.05) is 18.5 Å². The summed E-state index contributed by atoms with van der Waals surface area (Å²) in [6, 6.07) is 1.85. The van der Waals surface area contributed by atoms with Gasteiger partial charge in [-0.2, -0.15) is 0 Å². The first-order chi connectivity index (χ1) is 7.05. The Bertz CT molecular complexity index is 315. The molecule has 1 atom stereocenters. The van der Waals surface area contributed by atoms with E-state index < -0.39 is 0 Å². The number of hydrogen-bond donors (Lipinski definition) is 1. The molecule has 1 heterocycles. The van der Waals surface area contributed by atoms with Gasteiger partial charge < -0.3 is 10.5 Å². The van der Waals surface area contributed by atoms with E-state index in [1.165, 1.54) is 0 Å². The summed E-state index contributed by atoms with van der Waals surface area (Å²) < 4.78 is 5.52. The third-order valence-corrected chi connectivity index (χ3v) is 2.69. The largest absolute Gasteiger partial charge is 0.375 e. The molecular formula is C11H17ClN2O. The van der Waals surface area contributed by atoms with Gasteiger partial charge in [-0.3, -0.25) is 4.98 Å². The Hall–Kier alpha value is -0.640. The van der Waals surface area contributed by atoms with Crippen molar-refractivity contribution in [3.8, 4) is 0 Å². The number of hydrogen-bond acceptors (Lipinski definition) is 3. The number of halogens is 1. The molecule has 15 heavy (non-hydrogen) atoms. The van der Waals surface area contributed by atoms with Gasteiger partial charge in [0.15, 0.2) is 0 Å². The summed E-state index contributed by atoms with van der Waals surface area (Å²) in [5.74, 6) is 0. The zero-order valence-corrected chi connectivity index (χ0v) is 9.92. The molecule has 0 aromatic carbocycles. The van der Waals surface area contributed by atoms with E-state index in [4.69, 9.17) is 22.1 Å². The molecule has 2 N–H and O–H groups in total. The number of ether oxygens (including phenoxy) is 1. The first kappa shape index (κ1) is 12.4. The van der Waals surface area contributed by atoms with Gasteiger partial charge >= 0.3 is 0 Å². The van der Waals surface area contributed by atoms with Crippen molar-refractivity contribution in [1.82, 2.24) is 4.98 Å². The molecule has 0 aliphatic rings. The van der Waals surface area contributed by atoms with E-state index in [1.54, 1.807) is 12.4 Å². The minimum atomic E-state index is -0.264. The Kier molecular flexibility index (Phi) is 4.51. The fourth-order valence-electron chi connectivity index (χ4n) is 1.02. The van der Waals surface area contributed by atoms with E-state index in [0.717, 1.165) is 12.0 Å². The Balaban J connectivity index is 2.42.